The number of ether oxygens (including phenoxy) is 1. The second-order valence-electron chi connectivity index (χ2n) is 7.96. The van der Waals surface area contributed by atoms with E-state index in [1.165, 1.54) is 4.31 Å². The van der Waals surface area contributed by atoms with Gasteiger partial charge in [0.15, 0.2) is 0 Å². The Kier molecular flexibility index (Phi) is 7.31. The lowest BCUT2D eigenvalue weighted by molar-refractivity contribution is 0.0624. The van der Waals surface area contributed by atoms with Gasteiger partial charge in [0.05, 0.1) is 17.3 Å². The molecule has 0 bridgehead atoms. The van der Waals surface area contributed by atoms with Crippen molar-refractivity contribution in [2.45, 2.75) is 37.3 Å². The molecule has 0 unspecified atom stereocenters. The third-order valence-corrected chi connectivity index (χ3v) is 6.94. The zero-order valence-electron chi connectivity index (χ0n) is 17.7. The summed E-state index contributed by atoms with van der Waals surface area (Å²) in [5, 5.41) is 0.754. The van der Waals surface area contributed by atoms with Gasteiger partial charge in [0.1, 0.15) is 5.58 Å². The fraction of sp³-hybridized carbons (Fsp3) is 0.391. The van der Waals surface area contributed by atoms with Gasteiger partial charge in [-0.3, -0.25) is 0 Å². The molecular weight excluding hydrogens is 400 g/mol. The Morgan fingerprint density at radius 3 is 2.47 bits per heavy atom. The average Bonchev–Trinajstić information content (AvgIpc) is 3.19. The van der Waals surface area contributed by atoms with Crippen molar-refractivity contribution in [3.05, 3.63) is 66.4 Å². The highest BCUT2D eigenvalue weighted by atomic mass is 32.2. The van der Waals surface area contributed by atoms with Crippen molar-refractivity contribution in [1.82, 2.24) is 4.31 Å². The smallest absolute Gasteiger partial charge is 0.243 e. The Hall–Kier alpha value is -2.19. The van der Waals surface area contributed by atoms with Crippen LogP contribution in [-0.4, -0.2) is 45.1 Å². The van der Waals surface area contributed by atoms with E-state index in [-0.39, 0.29) is 23.4 Å². The molecule has 7 heteroatoms. The molecule has 30 heavy (non-hydrogen) atoms. The van der Waals surface area contributed by atoms with Gasteiger partial charge in [-0.1, -0.05) is 44.2 Å². The Labute approximate surface area is 178 Å². The van der Waals surface area contributed by atoms with Crippen molar-refractivity contribution in [2.24, 2.45) is 11.7 Å². The molecule has 2 aromatic carbocycles. The molecule has 0 saturated heterocycles. The van der Waals surface area contributed by atoms with Gasteiger partial charge < -0.3 is 14.9 Å². The summed E-state index contributed by atoms with van der Waals surface area (Å²) < 4.78 is 39.4. The second-order valence-corrected chi connectivity index (χ2v) is 9.90. The maximum absolute atomic E-state index is 13.5. The fourth-order valence-corrected chi connectivity index (χ4v) is 5.19. The second kappa shape index (κ2) is 9.75. The molecule has 0 fully saturated rings. The molecular formula is C23H30N2O4S. The molecule has 0 amide bonds. The molecule has 0 aliphatic heterocycles. The molecule has 0 aliphatic carbocycles. The van der Waals surface area contributed by atoms with E-state index < -0.39 is 16.1 Å². The summed E-state index contributed by atoms with van der Waals surface area (Å²) in [6, 6.07) is 16.2. The van der Waals surface area contributed by atoms with Crippen molar-refractivity contribution >= 4 is 21.0 Å². The topological polar surface area (TPSA) is 85.8 Å². The highest BCUT2D eigenvalue weighted by molar-refractivity contribution is 7.89. The summed E-state index contributed by atoms with van der Waals surface area (Å²) >= 11 is 0. The molecule has 1 aromatic heterocycles. The Bertz CT molecular complexity index is 1050. The molecule has 0 aliphatic rings. The lowest BCUT2D eigenvalue weighted by Crippen LogP contribution is -2.48. The molecule has 0 radical (unpaired) electrons. The van der Waals surface area contributed by atoms with Crippen LogP contribution in [0, 0.1) is 5.92 Å². The van der Waals surface area contributed by atoms with E-state index in [2.05, 4.69) is 0 Å². The highest BCUT2D eigenvalue weighted by Crippen LogP contribution is 2.24. The van der Waals surface area contributed by atoms with E-state index in [1.807, 2.05) is 44.2 Å². The predicted octanol–water partition coefficient (Wildman–Crippen LogP) is 3.66. The number of hydrogen-bond donors (Lipinski definition) is 1. The highest BCUT2D eigenvalue weighted by Gasteiger charge is 2.30. The van der Waals surface area contributed by atoms with Crippen molar-refractivity contribution in [3.63, 3.8) is 0 Å². The third-order valence-electron chi connectivity index (χ3n) is 5.11. The van der Waals surface area contributed by atoms with Crippen molar-refractivity contribution < 1.29 is 17.6 Å². The monoisotopic (exact) mass is 430 g/mol. The first-order valence-corrected chi connectivity index (χ1v) is 11.5. The Morgan fingerprint density at radius 2 is 1.80 bits per heavy atom. The molecule has 0 spiro atoms. The first-order valence-electron chi connectivity index (χ1n) is 10.1. The van der Waals surface area contributed by atoms with Crippen LogP contribution in [-0.2, 0) is 21.2 Å². The number of nitrogens with zero attached hydrogens (tertiary/aromatic N) is 1. The van der Waals surface area contributed by atoms with Crippen LogP contribution in [0.1, 0.15) is 19.4 Å². The van der Waals surface area contributed by atoms with Gasteiger partial charge in [-0.15, -0.1) is 0 Å². The number of fused-ring (bicyclic) bond motifs is 1. The Balaban J connectivity index is 1.84. The summed E-state index contributed by atoms with van der Waals surface area (Å²) in [5.41, 5.74) is 8.17. The molecule has 162 valence electrons. The first-order chi connectivity index (χ1) is 14.3. The molecule has 6 nitrogen and oxygen atoms in total. The van der Waals surface area contributed by atoms with Gasteiger partial charge in [-0.05, 0) is 42.2 Å². The molecule has 2 N–H and O–H groups in total. The van der Waals surface area contributed by atoms with Gasteiger partial charge in [-0.2, -0.15) is 4.31 Å². The summed E-state index contributed by atoms with van der Waals surface area (Å²) in [4.78, 5) is 0.239. The number of hydrogen-bond acceptors (Lipinski definition) is 5. The normalized spacial score (nSPS) is 14.5. The maximum Gasteiger partial charge on any atom is 0.243 e. The summed E-state index contributed by atoms with van der Waals surface area (Å²) in [5.74, 6) is 0.153. The summed E-state index contributed by atoms with van der Waals surface area (Å²) in [6.07, 6.45) is 1.73. The number of nitrogens with two attached hydrogens (primary N) is 1. The number of methoxy groups -OCH3 is 1. The molecule has 3 aromatic rings. The average molecular weight is 431 g/mol. The molecule has 1 heterocycles. The summed E-state index contributed by atoms with van der Waals surface area (Å²) in [6.45, 7) is 4.55. The standard InChI is InChI=1S/C23H30N2O4S/c1-17(2)15-25(16-23(28-3)21(24)13-18-7-5-4-6-8-18)30(26,27)20-9-10-22-19(14-20)11-12-29-22/h4-12,14,17,21,23H,13,15-16,24H2,1-3H3/t21-,23+/m0/s1. The van der Waals surface area contributed by atoms with Crippen molar-refractivity contribution in [1.29, 1.82) is 0 Å². The van der Waals surface area contributed by atoms with E-state index in [4.69, 9.17) is 14.9 Å². The first kappa shape index (κ1) is 22.5. The van der Waals surface area contributed by atoms with Crippen LogP contribution in [0.2, 0.25) is 0 Å². The van der Waals surface area contributed by atoms with E-state index >= 15 is 0 Å². The van der Waals surface area contributed by atoms with E-state index in [9.17, 15) is 8.42 Å². The van der Waals surface area contributed by atoms with Crippen LogP contribution in [0.3, 0.4) is 0 Å². The van der Waals surface area contributed by atoms with E-state index in [1.54, 1.807) is 37.6 Å². The van der Waals surface area contributed by atoms with Crippen LogP contribution in [0.4, 0.5) is 0 Å². The van der Waals surface area contributed by atoms with Crippen LogP contribution in [0.5, 0.6) is 0 Å². The predicted molar refractivity (Wildman–Crippen MR) is 119 cm³/mol. The number of sulfonamides is 1. The minimum absolute atomic E-state index is 0.153. The molecule has 2 atom stereocenters. The lowest BCUT2D eigenvalue weighted by Gasteiger charge is -2.30. The number of furan rings is 1. The fourth-order valence-electron chi connectivity index (χ4n) is 3.54. The SMILES string of the molecule is CO[C@H](CN(CC(C)C)S(=O)(=O)c1ccc2occc2c1)[C@@H](N)Cc1ccccc1. The van der Waals surface area contributed by atoms with Gasteiger partial charge >= 0.3 is 0 Å². The van der Waals surface area contributed by atoms with E-state index in [0.717, 1.165) is 10.9 Å². The largest absolute Gasteiger partial charge is 0.464 e. The maximum atomic E-state index is 13.5. The number of rotatable bonds is 10. The quantitative estimate of drug-likeness (QED) is 0.530. The van der Waals surface area contributed by atoms with Gasteiger partial charge in [0, 0.05) is 31.6 Å². The van der Waals surface area contributed by atoms with E-state index in [0.29, 0.717) is 18.5 Å². The van der Waals surface area contributed by atoms with Crippen molar-refractivity contribution in [2.75, 3.05) is 20.2 Å². The van der Waals surface area contributed by atoms with Crippen LogP contribution < -0.4 is 5.73 Å². The zero-order chi connectivity index (χ0) is 21.7. The third kappa shape index (κ3) is 5.29. The van der Waals surface area contributed by atoms with Gasteiger partial charge in [0.25, 0.3) is 0 Å². The van der Waals surface area contributed by atoms with Crippen LogP contribution in [0.25, 0.3) is 11.0 Å². The minimum atomic E-state index is -3.72. The minimum Gasteiger partial charge on any atom is -0.464 e. The number of benzene rings is 2. The summed E-state index contributed by atoms with van der Waals surface area (Å²) in [7, 11) is -2.14. The van der Waals surface area contributed by atoms with Gasteiger partial charge in [-0.25, -0.2) is 8.42 Å². The van der Waals surface area contributed by atoms with Gasteiger partial charge in [0.2, 0.25) is 10.0 Å². The lowest BCUT2D eigenvalue weighted by atomic mass is 10.0. The van der Waals surface area contributed by atoms with Crippen LogP contribution >= 0.6 is 0 Å². The molecule has 0 saturated carbocycles. The molecule has 3 rings (SSSR count). The van der Waals surface area contributed by atoms with Crippen LogP contribution in [0.15, 0.2) is 70.2 Å². The zero-order valence-corrected chi connectivity index (χ0v) is 18.5. The Morgan fingerprint density at radius 1 is 1.07 bits per heavy atom. The van der Waals surface area contributed by atoms with Crippen molar-refractivity contribution in [3.8, 4) is 0 Å².